The van der Waals surface area contributed by atoms with E-state index < -0.39 is 11.7 Å². The van der Waals surface area contributed by atoms with E-state index in [-0.39, 0.29) is 30.2 Å². The van der Waals surface area contributed by atoms with Gasteiger partial charge in [-0.1, -0.05) is 18.2 Å². The Bertz CT molecular complexity index is 1580. The van der Waals surface area contributed by atoms with Gasteiger partial charge in [0, 0.05) is 75.6 Å². The van der Waals surface area contributed by atoms with Crippen LogP contribution in [0.25, 0.3) is 32.9 Å². The highest BCUT2D eigenvalue weighted by Gasteiger charge is 2.36. The Morgan fingerprint density at radius 2 is 1.74 bits per heavy atom. The first-order valence-corrected chi connectivity index (χ1v) is 17.0. The van der Waals surface area contributed by atoms with E-state index in [0.717, 1.165) is 42.5 Å². The predicted octanol–water partition coefficient (Wildman–Crippen LogP) is 6.12. The summed E-state index contributed by atoms with van der Waals surface area (Å²) in [6, 6.07) is 7.81. The molecule has 0 atom stereocenters. The van der Waals surface area contributed by atoms with E-state index in [1.54, 1.807) is 54.6 Å². The molecule has 1 aromatic carbocycles. The molecule has 6 rings (SSSR count). The molecule has 5 heterocycles. The Balaban J connectivity index is 0.000000384. The van der Waals surface area contributed by atoms with Crippen LogP contribution in [-0.4, -0.2) is 103 Å². The number of nitriles is 1. The third-order valence-corrected chi connectivity index (χ3v) is 6.85. The third-order valence-electron chi connectivity index (χ3n) is 6.85. The number of halogens is 3. The molecule has 9 nitrogen and oxygen atoms in total. The average Bonchev–Trinajstić information content (AvgIpc) is 3.39. The molecule has 0 unspecified atom stereocenters. The van der Waals surface area contributed by atoms with Gasteiger partial charge in [0.2, 0.25) is 0 Å². The Labute approximate surface area is 279 Å². The minimum Gasteiger partial charge on any atom is -0.467 e. The summed E-state index contributed by atoms with van der Waals surface area (Å²) in [6.45, 7) is 7.11. The van der Waals surface area contributed by atoms with Crippen molar-refractivity contribution < 1.29 is 17.9 Å². The summed E-state index contributed by atoms with van der Waals surface area (Å²) in [7, 11) is 3.20. The summed E-state index contributed by atoms with van der Waals surface area (Å²) in [5, 5.41) is 13.1. The van der Waals surface area contributed by atoms with E-state index in [0.29, 0.717) is 23.3 Å². The molecule has 250 valence electrons. The van der Waals surface area contributed by atoms with Crippen LogP contribution >= 0.6 is 24.4 Å². The number of anilines is 1. The van der Waals surface area contributed by atoms with Crippen LogP contribution in [0.1, 0.15) is 18.9 Å². The van der Waals surface area contributed by atoms with Gasteiger partial charge in [0.1, 0.15) is 17.0 Å². The van der Waals surface area contributed by atoms with E-state index in [1.807, 2.05) is 37.6 Å². The van der Waals surface area contributed by atoms with Crippen LogP contribution < -0.4 is 15.0 Å². The lowest BCUT2D eigenvalue weighted by atomic mass is 10.00. The minimum atomic E-state index is -2.41. The van der Waals surface area contributed by atoms with Crippen molar-refractivity contribution in [3.05, 3.63) is 48.2 Å². The van der Waals surface area contributed by atoms with Crippen molar-refractivity contribution in [1.82, 2.24) is 30.2 Å². The monoisotopic (exact) mass is 676 g/mol. The predicted molar refractivity (Wildman–Crippen MR) is 187 cm³/mol. The smallest absolute Gasteiger partial charge is 0.318 e. The molecule has 2 aliphatic heterocycles. The maximum Gasteiger partial charge on any atom is 0.318 e. The molecule has 3 aromatic heterocycles. The highest BCUT2D eigenvalue weighted by atomic mass is 32.2. The van der Waals surface area contributed by atoms with Gasteiger partial charge >= 0.3 is 6.01 Å². The van der Waals surface area contributed by atoms with Crippen LogP contribution in [-0.2, 0) is 0 Å². The number of alkyl halides is 2. The fourth-order valence-corrected chi connectivity index (χ4v) is 4.93. The molecular weight excluding hydrogens is 634 g/mol. The van der Waals surface area contributed by atoms with Crippen molar-refractivity contribution in [2.24, 2.45) is 0 Å². The minimum absolute atomic E-state index is 0.0312. The standard InChI is InChI=1S/C22H21FN6O.C5H9F2N.C2H3N.C2H6S.CH4S/c1-13-4-3-5-14-10-25-11-15(17(13)14)19-18(23)20-16(12-26-19)21(28-22(27-20)30-2)29-8-6-24-7-9-29;1-8-3-2-5(6,7)4-8;1-2-3;1-3-2;1-2/h3-5,10-12,24H,6-9H2,1-2H3;2-4H2,1H3;1H3;1-2H3;2H,1H3. The number of hydrogen-bond donors (Lipinski definition) is 2. The molecule has 2 fully saturated rings. The lowest BCUT2D eigenvalue weighted by Crippen LogP contribution is -2.44. The zero-order chi connectivity index (χ0) is 34.3. The Kier molecular flexibility index (Phi) is 16.3. The molecule has 14 heteroatoms. The number of pyridine rings is 2. The molecule has 0 radical (unpaired) electrons. The summed E-state index contributed by atoms with van der Waals surface area (Å²) < 4.78 is 45.4. The number of benzene rings is 1. The maximum atomic E-state index is 15.8. The number of rotatable bonds is 3. The molecule has 0 spiro atoms. The maximum absolute atomic E-state index is 15.8. The zero-order valence-electron chi connectivity index (χ0n) is 27.4. The van der Waals surface area contributed by atoms with Gasteiger partial charge in [-0.3, -0.25) is 9.97 Å². The fourth-order valence-electron chi connectivity index (χ4n) is 4.93. The molecule has 46 heavy (non-hydrogen) atoms. The number of nitrogens with one attached hydrogen (secondary N) is 1. The van der Waals surface area contributed by atoms with Crippen LogP contribution in [0.5, 0.6) is 6.01 Å². The number of ether oxygens (including phenoxy) is 1. The SMILES string of the molecule is CC#N.CN1CCC(F)(F)C1.COc1nc(N2CCNCC2)c2cnc(-c3cncc4cccc(C)c34)c(F)c2n1.CS.CSC. The van der Waals surface area contributed by atoms with Crippen molar-refractivity contribution in [3.8, 4) is 23.3 Å². The van der Waals surface area contributed by atoms with E-state index >= 15 is 4.39 Å². The van der Waals surface area contributed by atoms with Crippen LogP contribution in [0, 0.1) is 24.1 Å². The van der Waals surface area contributed by atoms with Gasteiger partial charge in [-0.15, -0.1) is 0 Å². The second-order valence-electron chi connectivity index (χ2n) is 10.3. The number of likely N-dealkylation sites (tertiary alicyclic amines) is 1. The average molecular weight is 677 g/mol. The van der Waals surface area contributed by atoms with Crippen LogP contribution in [0.15, 0.2) is 36.8 Å². The van der Waals surface area contributed by atoms with Gasteiger partial charge in [-0.25, -0.2) is 13.2 Å². The van der Waals surface area contributed by atoms with Gasteiger partial charge in [-0.05, 0) is 43.7 Å². The number of hydrogen-bond acceptors (Lipinski definition) is 11. The van der Waals surface area contributed by atoms with Gasteiger partial charge < -0.3 is 19.9 Å². The number of nitrogens with zero attached hydrogens (tertiary/aromatic N) is 7. The summed E-state index contributed by atoms with van der Waals surface area (Å²) in [5.41, 5.74) is 2.10. The summed E-state index contributed by atoms with van der Waals surface area (Å²) in [5.74, 6) is -2.26. The Morgan fingerprint density at radius 1 is 1.09 bits per heavy atom. The highest BCUT2D eigenvalue weighted by Crippen LogP contribution is 2.35. The number of aromatic nitrogens is 4. The van der Waals surface area contributed by atoms with Crippen molar-refractivity contribution >= 4 is 51.9 Å². The zero-order valence-corrected chi connectivity index (χ0v) is 29.2. The molecular formula is C32H43F3N8OS2. The number of aryl methyl sites for hydroxylation is 1. The molecule has 0 bridgehead atoms. The van der Waals surface area contributed by atoms with Gasteiger partial charge in [0.15, 0.2) is 5.82 Å². The molecule has 2 saturated heterocycles. The number of fused-ring (bicyclic) bond motifs is 2. The van der Waals surface area contributed by atoms with Crippen LogP contribution in [0.2, 0.25) is 0 Å². The first-order valence-electron chi connectivity index (χ1n) is 14.5. The van der Waals surface area contributed by atoms with Crippen molar-refractivity contribution in [2.45, 2.75) is 26.2 Å². The van der Waals surface area contributed by atoms with Crippen LogP contribution in [0.4, 0.5) is 19.0 Å². The number of thiol groups is 1. The lowest BCUT2D eigenvalue weighted by Gasteiger charge is -2.29. The van der Waals surface area contributed by atoms with Gasteiger partial charge in [-0.2, -0.15) is 39.6 Å². The van der Waals surface area contributed by atoms with Crippen molar-refractivity contribution in [3.63, 3.8) is 0 Å². The topological polar surface area (TPSA) is 103 Å². The Morgan fingerprint density at radius 3 is 2.28 bits per heavy atom. The summed E-state index contributed by atoms with van der Waals surface area (Å²) in [4.78, 5) is 21.4. The number of piperazine rings is 1. The quantitative estimate of drug-likeness (QED) is 0.247. The lowest BCUT2D eigenvalue weighted by molar-refractivity contribution is 0.0146. The first-order chi connectivity index (χ1) is 22.1. The second-order valence-corrected chi connectivity index (χ2v) is 11.1. The van der Waals surface area contributed by atoms with E-state index in [1.165, 1.54) is 14.0 Å². The van der Waals surface area contributed by atoms with Crippen LogP contribution in [0.3, 0.4) is 0 Å². The molecule has 0 saturated carbocycles. The van der Waals surface area contributed by atoms with E-state index in [9.17, 15) is 8.78 Å². The number of methoxy groups -OCH3 is 1. The van der Waals surface area contributed by atoms with Crippen molar-refractivity contribution in [1.29, 1.82) is 5.26 Å². The summed E-state index contributed by atoms with van der Waals surface area (Å²) >= 11 is 5.28. The first kappa shape index (κ1) is 38.8. The largest absolute Gasteiger partial charge is 0.467 e. The van der Waals surface area contributed by atoms with Gasteiger partial charge in [0.05, 0.1) is 25.1 Å². The second kappa shape index (κ2) is 19.3. The normalized spacial score (nSPS) is 15.1. The molecule has 2 aliphatic rings. The Hall–Kier alpha value is -3.38. The molecule has 0 amide bonds. The third kappa shape index (κ3) is 10.3. The van der Waals surface area contributed by atoms with Gasteiger partial charge in [0.25, 0.3) is 5.92 Å². The molecule has 0 aliphatic carbocycles. The molecule has 4 aromatic rings. The van der Waals surface area contributed by atoms with E-state index in [4.69, 9.17) is 10.00 Å². The number of thioether (sulfide) groups is 1. The highest BCUT2D eigenvalue weighted by molar-refractivity contribution is 7.97. The van der Waals surface area contributed by atoms with Crippen molar-refractivity contribution in [2.75, 3.05) is 77.1 Å². The molecule has 1 N–H and O–H groups in total. The van der Waals surface area contributed by atoms with E-state index in [2.05, 4.69) is 42.8 Å². The fraction of sp³-hybridized carbons (Fsp3) is 0.469. The summed E-state index contributed by atoms with van der Waals surface area (Å²) in [6.07, 6.45) is 10.9.